The summed E-state index contributed by atoms with van der Waals surface area (Å²) in [7, 11) is 5.29. The zero-order valence-electron chi connectivity index (χ0n) is 14.0. The van der Waals surface area contributed by atoms with Crippen LogP contribution >= 0.6 is 0 Å². The maximum absolute atomic E-state index is 11.0. The molecular formula is C19H23NO3. The van der Waals surface area contributed by atoms with Gasteiger partial charge >= 0.3 is 0 Å². The summed E-state index contributed by atoms with van der Waals surface area (Å²) in [5, 5.41) is 11.0. The maximum atomic E-state index is 11.0. The fourth-order valence-electron chi connectivity index (χ4n) is 3.45. The summed E-state index contributed by atoms with van der Waals surface area (Å²) in [6.07, 6.45) is -0.617. The Labute approximate surface area is 137 Å². The lowest BCUT2D eigenvalue weighted by atomic mass is 9.83. The minimum absolute atomic E-state index is 0.0863. The Kier molecular flexibility index (Phi) is 4.28. The molecule has 1 aliphatic heterocycles. The number of rotatable bonds is 3. The highest BCUT2D eigenvalue weighted by atomic mass is 16.5. The van der Waals surface area contributed by atoms with Crippen LogP contribution in [0.5, 0.6) is 11.5 Å². The molecule has 2 aromatic carbocycles. The Morgan fingerprint density at radius 2 is 1.52 bits per heavy atom. The van der Waals surface area contributed by atoms with Crippen LogP contribution in [-0.4, -0.2) is 31.3 Å². The summed E-state index contributed by atoms with van der Waals surface area (Å²) in [5.74, 6) is 1.34. The summed E-state index contributed by atoms with van der Waals surface area (Å²) >= 11 is 0. The van der Waals surface area contributed by atoms with E-state index in [0.717, 1.165) is 16.7 Å². The van der Waals surface area contributed by atoms with Crippen LogP contribution in [0.15, 0.2) is 42.5 Å². The Bertz CT molecular complexity index is 687. The van der Waals surface area contributed by atoms with Crippen molar-refractivity contribution >= 4 is 0 Å². The van der Waals surface area contributed by atoms with Crippen LogP contribution in [0, 0.1) is 0 Å². The first-order chi connectivity index (χ1) is 11.1. The summed E-state index contributed by atoms with van der Waals surface area (Å²) < 4.78 is 10.8. The van der Waals surface area contributed by atoms with Gasteiger partial charge in [-0.1, -0.05) is 30.3 Å². The second kappa shape index (κ2) is 6.22. The summed E-state index contributed by atoms with van der Waals surface area (Å²) in [6, 6.07) is 14.1. The van der Waals surface area contributed by atoms with Gasteiger partial charge in [-0.15, -0.1) is 0 Å². The number of likely N-dealkylation sites (N-methyl/N-ethyl adjacent to an activating group) is 1. The Morgan fingerprint density at radius 1 is 0.957 bits per heavy atom. The number of hydrogen-bond acceptors (Lipinski definition) is 4. The molecule has 0 radical (unpaired) electrons. The molecule has 122 valence electrons. The predicted molar refractivity (Wildman–Crippen MR) is 89.9 cm³/mol. The molecule has 0 saturated carbocycles. The number of aliphatic hydroxyl groups excluding tert-OH is 1. The molecule has 1 aliphatic rings. The van der Waals surface area contributed by atoms with Crippen LogP contribution in [0.1, 0.15) is 41.8 Å². The van der Waals surface area contributed by atoms with E-state index >= 15 is 0 Å². The number of aliphatic hydroxyl groups is 1. The summed E-state index contributed by atoms with van der Waals surface area (Å²) in [6.45, 7) is 2.15. The molecule has 0 bridgehead atoms. The molecule has 0 fully saturated rings. The van der Waals surface area contributed by atoms with Crippen LogP contribution < -0.4 is 9.47 Å². The van der Waals surface area contributed by atoms with E-state index < -0.39 is 6.10 Å². The molecule has 4 heteroatoms. The normalized spacial score (nSPS) is 24.1. The van der Waals surface area contributed by atoms with Crippen molar-refractivity contribution in [2.45, 2.75) is 25.1 Å². The molecular weight excluding hydrogens is 290 g/mol. The van der Waals surface area contributed by atoms with Crippen LogP contribution in [-0.2, 0) is 0 Å². The molecule has 0 aliphatic carbocycles. The molecule has 0 saturated heterocycles. The van der Waals surface area contributed by atoms with E-state index in [4.69, 9.17) is 9.47 Å². The van der Waals surface area contributed by atoms with Gasteiger partial charge in [0.05, 0.1) is 26.4 Å². The van der Waals surface area contributed by atoms with Gasteiger partial charge in [0.25, 0.3) is 0 Å². The average molecular weight is 313 g/mol. The number of hydrogen-bond donors (Lipinski definition) is 1. The summed E-state index contributed by atoms with van der Waals surface area (Å²) in [4.78, 5) is 2.20. The van der Waals surface area contributed by atoms with Gasteiger partial charge in [0.1, 0.15) is 0 Å². The fraction of sp³-hybridized carbons (Fsp3) is 0.368. The first-order valence-corrected chi connectivity index (χ1v) is 7.79. The highest BCUT2D eigenvalue weighted by molar-refractivity contribution is 5.51. The van der Waals surface area contributed by atoms with Gasteiger partial charge < -0.3 is 14.6 Å². The lowest BCUT2D eigenvalue weighted by molar-refractivity contribution is 0.0235. The van der Waals surface area contributed by atoms with Gasteiger partial charge in [-0.25, -0.2) is 0 Å². The van der Waals surface area contributed by atoms with Crippen molar-refractivity contribution in [1.82, 2.24) is 4.90 Å². The highest BCUT2D eigenvalue weighted by Crippen LogP contribution is 2.48. The van der Waals surface area contributed by atoms with Crippen molar-refractivity contribution in [2.75, 3.05) is 21.3 Å². The van der Waals surface area contributed by atoms with E-state index in [9.17, 15) is 5.11 Å². The van der Waals surface area contributed by atoms with Gasteiger partial charge in [0.2, 0.25) is 0 Å². The van der Waals surface area contributed by atoms with Crippen molar-refractivity contribution in [2.24, 2.45) is 0 Å². The third kappa shape index (κ3) is 2.58. The van der Waals surface area contributed by atoms with E-state index in [1.807, 2.05) is 37.4 Å². The molecule has 3 rings (SSSR count). The molecule has 1 N–H and O–H groups in total. The molecule has 3 atom stereocenters. The van der Waals surface area contributed by atoms with Gasteiger partial charge in [-0.3, -0.25) is 4.90 Å². The largest absolute Gasteiger partial charge is 0.493 e. The first-order valence-electron chi connectivity index (χ1n) is 7.79. The minimum atomic E-state index is -0.617. The van der Waals surface area contributed by atoms with E-state index in [1.165, 1.54) is 0 Å². The lowest BCUT2D eigenvalue weighted by Gasteiger charge is -2.43. The number of nitrogens with zero attached hydrogens (tertiary/aromatic N) is 1. The third-order valence-corrected chi connectivity index (χ3v) is 4.85. The lowest BCUT2D eigenvalue weighted by Crippen LogP contribution is -2.37. The Morgan fingerprint density at radius 3 is 2.09 bits per heavy atom. The molecule has 0 spiro atoms. The number of fused-ring (bicyclic) bond motifs is 1. The maximum Gasteiger partial charge on any atom is 0.161 e. The van der Waals surface area contributed by atoms with Crippen molar-refractivity contribution < 1.29 is 14.6 Å². The van der Waals surface area contributed by atoms with E-state index in [-0.39, 0.29) is 12.1 Å². The smallest absolute Gasteiger partial charge is 0.161 e. The third-order valence-electron chi connectivity index (χ3n) is 4.85. The van der Waals surface area contributed by atoms with Gasteiger partial charge in [-0.2, -0.15) is 0 Å². The molecule has 0 unspecified atom stereocenters. The standard InChI is InChI=1S/C19H23NO3/c1-12-14-10-16(22-3)17(23-4)11-15(14)19(21)18(20(12)2)13-8-6-5-7-9-13/h5-12,18-19,21H,1-4H3/t12-,18+,19-/m1/s1. The zero-order chi connectivity index (χ0) is 16.6. The van der Waals surface area contributed by atoms with Crippen molar-refractivity contribution in [3.05, 3.63) is 59.2 Å². The van der Waals surface area contributed by atoms with Gasteiger partial charge in [-0.05, 0) is 42.8 Å². The molecule has 4 nitrogen and oxygen atoms in total. The van der Waals surface area contributed by atoms with Crippen LogP contribution in [0.2, 0.25) is 0 Å². The van der Waals surface area contributed by atoms with Crippen LogP contribution in [0.3, 0.4) is 0 Å². The molecule has 23 heavy (non-hydrogen) atoms. The van der Waals surface area contributed by atoms with Crippen molar-refractivity contribution in [1.29, 1.82) is 0 Å². The molecule has 2 aromatic rings. The molecule has 0 amide bonds. The second-order valence-corrected chi connectivity index (χ2v) is 5.98. The first kappa shape index (κ1) is 15.8. The van der Waals surface area contributed by atoms with Crippen LogP contribution in [0.4, 0.5) is 0 Å². The number of methoxy groups -OCH3 is 2. The van der Waals surface area contributed by atoms with E-state index in [1.54, 1.807) is 14.2 Å². The SMILES string of the molecule is COc1cc2c(cc1OC)[C@@H](C)N(C)[C@@H](c1ccccc1)[C@@H]2O. The van der Waals surface area contributed by atoms with E-state index in [2.05, 4.69) is 24.0 Å². The predicted octanol–water partition coefficient (Wildman–Crippen LogP) is 3.48. The number of benzene rings is 2. The molecule has 1 heterocycles. The van der Waals surface area contributed by atoms with Gasteiger partial charge in [0, 0.05) is 6.04 Å². The minimum Gasteiger partial charge on any atom is -0.493 e. The monoisotopic (exact) mass is 313 g/mol. The fourth-order valence-corrected chi connectivity index (χ4v) is 3.45. The van der Waals surface area contributed by atoms with Crippen molar-refractivity contribution in [3.63, 3.8) is 0 Å². The Balaban J connectivity index is 2.12. The Hall–Kier alpha value is -2.04. The van der Waals surface area contributed by atoms with Crippen molar-refractivity contribution in [3.8, 4) is 11.5 Å². The topological polar surface area (TPSA) is 41.9 Å². The van der Waals surface area contributed by atoms with E-state index in [0.29, 0.717) is 11.5 Å². The zero-order valence-corrected chi connectivity index (χ0v) is 14.0. The quantitative estimate of drug-likeness (QED) is 0.942. The number of ether oxygens (including phenoxy) is 2. The second-order valence-electron chi connectivity index (χ2n) is 5.98. The van der Waals surface area contributed by atoms with Crippen LogP contribution in [0.25, 0.3) is 0 Å². The van der Waals surface area contributed by atoms with Gasteiger partial charge in [0.15, 0.2) is 11.5 Å². The summed E-state index contributed by atoms with van der Waals surface area (Å²) in [5.41, 5.74) is 3.08. The highest BCUT2D eigenvalue weighted by Gasteiger charge is 2.38. The average Bonchev–Trinajstić information content (AvgIpc) is 2.59. The molecule has 0 aromatic heterocycles.